The highest BCUT2D eigenvalue weighted by Gasteiger charge is 2.21. The molecular weight excluding hydrogens is 202 g/mol. The summed E-state index contributed by atoms with van der Waals surface area (Å²) in [6, 6.07) is 2.03. The Labute approximate surface area is 96.5 Å². The van der Waals surface area contributed by atoms with E-state index in [2.05, 4.69) is 14.8 Å². The molecule has 0 unspecified atom stereocenters. The fourth-order valence-corrected chi connectivity index (χ4v) is 2.17. The number of aliphatic hydroxyl groups excluding tert-OH is 1. The highest BCUT2D eigenvalue weighted by atomic mass is 16.3. The Morgan fingerprint density at radius 2 is 2.38 bits per heavy atom. The van der Waals surface area contributed by atoms with Gasteiger partial charge in [-0.3, -0.25) is 9.88 Å². The highest BCUT2D eigenvalue weighted by molar-refractivity contribution is 5.50. The number of β-amino-alcohol motifs (C(OH)–C–C–N with tert-alkyl or cyclic N) is 1. The molecule has 1 aromatic heterocycles. The predicted octanol–water partition coefficient (Wildman–Crippen LogP) is 0.714. The molecule has 4 nitrogen and oxygen atoms in total. The van der Waals surface area contributed by atoms with Crippen LogP contribution >= 0.6 is 0 Å². The minimum atomic E-state index is -0.153. The lowest BCUT2D eigenvalue weighted by Gasteiger charge is -2.21. The van der Waals surface area contributed by atoms with Gasteiger partial charge in [0.2, 0.25) is 0 Å². The van der Waals surface area contributed by atoms with Gasteiger partial charge < -0.3 is 10.0 Å². The molecule has 1 aromatic rings. The SMILES string of the molecule is CN(C)c1ccncc1CN1CC[C@H](O)C1. The monoisotopic (exact) mass is 221 g/mol. The van der Waals surface area contributed by atoms with E-state index in [0.29, 0.717) is 0 Å². The molecular formula is C12H19N3O. The molecule has 1 aliphatic rings. The molecule has 1 fully saturated rings. The molecule has 0 radical (unpaired) electrons. The van der Waals surface area contributed by atoms with E-state index in [1.54, 1.807) is 0 Å². The first-order chi connectivity index (χ1) is 7.66. The van der Waals surface area contributed by atoms with Gasteiger partial charge in [-0.05, 0) is 12.5 Å². The lowest BCUT2D eigenvalue weighted by atomic mass is 10.2. The van der Waals surface area contributed by atoms with Crippen LogP contribution in [-0.4, -0.2) is 48.3 Å². The zero-order valence-corrected chi connectivity index (χ0v) is 9.93. The van der Waals surface area contributed by atoms with E-state index >= 15 is 0 Å². The zero-order chi connectivity index (χ0) is 11.5. The average Bonchev–Trinajstić information content (AvgIpc) is 2.64. The first-order valence-electron chi connectivity index (χ1n) is 5.67. The van der Waals surface area contributed by atoms with E-state index in [9.17, 15) is 5.11 Å². The van der Waals surface area contributed by atoms with Gasteiger partial charge in [-0.15, -0.1) is 0 Å². The van der Waals surface area contributed by atoms with Gasteiger partial charge in [0.1, 0.15) is 0 Å². The van der Waals surface area contributed by atoms with Crippen molar-refractivity contribution >= 4 is 5.69 Å². The fraction of sp³-hybridized carbons (Fsp3) is 0.583. The Morgan fingerprint density at radius 1 is 1.56 bits per heavy atom. The Balaban J connectivity index is 2.09. The number of aromatic nitrogens is 1. The number of likely N-dealkylation sites (tertiary alicyclic amines) is 1. The number of anilines is 1. The first-order valence-corrected chi connectivity index (χ1v) is 5.67. The maximum Gasteiger partial charge on any atom is 0.0679 e. The second-order valence-corrected chi connectivity index (χ2v) is 4.58. The summed E-state index contributed by atoms with van der Waals surface area (Å²) in [5.74, 6) is 0. The van der Waals surface area contributed by atoms with Crippen LogP contribution in [0.1, 0.15) is 12.0 Å². The number of pyridine rings is 1. The van der Waals surface area contributed by atoms with Crippen molar-refractivity contribution in [2.75, 3.05) is 32.1 Å². The van der Waals surface area contributed by atoms with Crippen LogP contribution in [0.15, 0.2) is 18.5 Å². The van der Waals surface area contributed by atoms with E-state index in [1.807, 2.05) is 32.6 Å². The molecule has 4 heteroatoms. The summed E-state index contributed by atoms with van der Waals surface area (Å²) in [5, 5.41) is 9.49. The highest BCUT2D eigenvalue weighted by Crippen LogP contribution is 2.20. The summed E-state index contributed by atoms with van der Waals surface area (Å²) in [6.45, 7) is 2.63. The van der Waals surface area contributed by atoms with Crippen LogP contribution < -0.4 is 4.90 Å². The van der Waals surface area contributed by atoms with Gasteiger partial charge in [0.15, 0.2) is 0 Å². The van der Waals surface area contributed by atoms with Crippen LogP contribution in [0.3, 0.4) is 0 Å². The van der Waals surface area contributed by atoms with Crippen LogP contribution in [0, 0.1) is 0 Å². The van der Waals surface area contributed by atoms with Crippen LogP contribution in [0.25, 0.3) is 0 Å². The molecule has 1 aliphatic heterocycles. The van der Waals surface area contributed by atoms with Gasteiger partial charge >= 0.3 is 0 Å². The van der Waals surface area contributed by atoms with Crippen LogP contribution in [0.5, 0.6) is 0 Å². The minimum absolute atomic E-state index is 0.153. The maximum atomic E-state index is 9.49. The average molecular weight is 221 g/mol. The van der Waals surface area contributed by atoms with E-state index in [4.69, 9.17) is 0 Å². The molecule has 16 heavy (non-hydrogen) atoms. The summed E-state index contributed by atoms with van der Waals surface area (Å²) in [4.78, 5) is 8.55. The van der Waals surface area contributed by atoms with E-state index in [0.717, 1.165) is 26.1 Å². The number of aliphatic hydroxyl groups is 1. The van der Waals surface area contributed by atoms with Crippen LogP contribution in [-0.2, 0) is 6.54 Å². The molecule has 0 aromatic carbocycles. The molecule has 0 bridgehead atoms. The van der Waals surface area contributed by atoms with Crippen molar-refractivity contribution in [1.29, 1.82) is 0 Å². The Morgan fingerprint density at radius 3 is 3.00 bits per heavy atom. The van der Waals surface area contributed by atoms with E-state index in [-0.39, 0.29) is 6.10 Å². The van der Waals surface area contributed by atoms with Gasteiger partial charge in [0.05, 0.1) is 6.10 Å². The molecule has 0 amide bonds. The summed E-state index contributed by atoms with van der Waals surface area (Å²) < 4.78 is 0. The lowest BCUT2D eigenvalue weighted by Crippen LogP contribution is -2.23. The number of rotatable bonds is 3. The van der Waals surface area contributed by atoms with Gasteiger partial charge in [-0.2, -0.15) is 0 Å². The summed E-state index contributed by atoms with van der Waals surface area (Å²) >= 11 is 0. The minimum Gasteiger partial charge on any atom is -0.392 e. The number of hydrogen-bond acceptors (Lipinski definition) is 4. The molecule has 0 spiro atoms. The Bertz CT molecular complexity index is 354. The molecule has 1 saturated heterocycles. The number of nitrogens with zero attached hydrogens (tertiary/aromatic N) is 3. The summed E-state index contributed by atoms with van der Waals surface area (Å²) in [5.41, 5.74) is 2.43. The summed E-state index contributed by atoms with van der Waals surface area (Å²) in [6.07, 6.45) is 4.47. The quantitative estimate of drug-likeness (QED) is 0.816. The topological polar surface area (TPSA) is 39.6 Å². The van der Waals surface area contributed by atoms with Gasteiger partial charge in [0.25, 0.3) is 0 Å². The van der Waals surface area contributed by atoms with Gasteiger partial charge in [-0.1, -0.05) is 0 Å². The predicted molar refractivity (Wildman–Crippen MR) is 64.5 cm³/mol. The Hall–Kier alpha value is -1.13. The van der Waals surface area contributed by atoms with Crippen molar-refractivity contribution in [2.24, 2.45) is 0 Å². The zero-order valence-electron chi connectivity index (χ0n) is 9.93. The third kappa shape index (κ3) is 2.51. The van der Waals surface area contributed by atoms with Crippen molar-refractivity contribution in [3.8, 4) is 0 Å². The third-order valence-corrected chi connectivity index (χ3v) is 3.00. The first kappa shape index (κ1) is 11.4. The molecule has 0 saturated carbocycles. The molecule has 88 valence electrons. The normalized spacial score (nSPS) is 21.3. The molecule has 1 N–H and O–H groups in total. The van der Waals surface area contributed by atoms with Crippen molar-refractivity contribution in [3.63, 3.8) is 0 Å². The molecule has 1 atom stereocenters. The van der Waals surface area contributed by atoms with E-state index in [1.165, 1.54) is 11.3 Å². The standard InChI is InChI=1S/C12H19N3O/c1-14(2)12-3-5-13-7-10(12)8-15-6-4-11(16)9-15/h3,5,7,11,16H,4,6,8-9H2,1-2H3/t11-/m0/s1. The lowest BCUT2D eigenvalue weighted by molar-refractivity contribution is 0.175. The molecule has 2 rings (SSSR count). The van der Waals surface area contributed by atoms with Crippen LogP contribution in [0.2, 0.25) is 0 Å². The van der Waals surface area contributed by atoms with Crippen molar-refractivity contribution in [2.45, 2.75) is 19.1 Å². The van der Waals surface area contributed by atoms with Crippen LogP contribution in [0.4, 0.5) is 5.69 Å². The maximum absolute atomic E-state index is 9.49. The smallest absolute Gasteiger partial charge is 0.0679 e. The molecule has 2 heterocycles. The largest absolute Gasteiger partial charge is 0.392 e. The second kappa shape index (κ2) is 4.80. The summed E-state index contributed by atoms with van der Waals surface area (Å²) in [7, 11) is 4.08. The molecule has 0 aliphatic carbocycles. The number of hydrogen-bond donors (Lipinski definition) is 1. The van der Waals surface area contributed by atoms with Crippen molar-refractivity contribution in [1.82, 2.24) is 9.88 Å². The van der Waals surface area contributed by atoms with Gasteiger partial charge in [0, 0.05) is 57.4 Å². The van der Waals surface area contributed by atoms with Crippen molar-refractivity contribution in [3.05, 3.63) is 24.0 Å². The second-order valence-electron chi connectivity index (χ2n) is 4.58. The van der Waals surface area contributed by atoms with Crippen molar-refractivity contribution < 1.29 is 5.11 Å². The van der Waals surface area contributed by atoms with Gasteiger partial charge in [-0.25, -0.2) is 0 Å². The third-order valence-electron chi connectivity index (χ3n) is 3.00. The fourth-order valence-electron chi connectivity index (χ4n) is 2.17. The Kier molecular flexibility index (Phi) is 3.41. The van der Waals surface area contributed by atoms with E-state index < -0.39 is 0 Å².